The number of carbonyl (C=O) groups excluding carboxylic acids is 1. The van der Waals surface area contributed by atoms with Crippen LogP contribution in [0, 0.1) is 17.1 Å². The number of benzene rings is 2. The van der Waals surface area contributed by atoms with Crippen LogP contribution in [-0.4, -0.2) is 36.6 Å². The Morgan fingerprint density at radius 2 is 2.03 bits per heavy atom. The number of nitriles is 1. The van der Waals surface area contributed by atoms with Crippen LogP contribution in [0.3, 0.4) is 0 Å². The normalized spacial score (nSPS) is 14.6. The van der Waals surface area contributed by atoms with Crippen molar-refractivity contribution in [2.24, 2.45) is 0 Å². The van der Waals surface area contributed by atoms with Gasteiger partial charge in [-0.2, -0.15) is 5.26 Å². The quantitative estimate of drug-likeness (QED) is 0.447. The smallest absolute Gasteiger partial charge is 0.255 e. The van der Waals surface area contributed by atoms with Crippen LogP contribution < -0.4 is 16.0 Å². The molecule has 1 aliphatic heterocycles. The van der Waals surface area contributed by atoms with Gasteiger partial charge in [-0.25, -0.2) is 9.37 Å². The summed E-state index contributed by atoms with van der Waals surface area (Å²) in [7, 11) is 0. The Morgan fingerprint density at radius 3 is 2.79 bits per heavy atom. The van der Waals surface area contributed by atoms with E-state index in [9.17, 15) is 14.4 Å². The molecule has 1 atom stereocenters. The molecule has 3 N–H and O–H groups in total. The first-order valence-electron chi connectivity index (χ1n) is 11.1. The van der Waals surface area contributed by atoms with Crippen molar-refractivity contribution in [3.8, 4) is 17.3 Å². The number of hydrogen-bond donors (Lipinski definition) is 3. The largest absolute Gasteiger partial charge is 0.369 e. The lowest BCUT2D eigenvalue weighted by Gasteiger charge is -2.15. The molecule has 2 heterocycles. The van der Waals surface area contributed by atoms with E-state index in [0.717, 1.165) is 24.9 Å². The first-order valence-corrected chi connectivity index (χ1v) is 11.1. The zero-order valence-corrected chi connectivity index (χ0v) is 19.5. The summed E-state index contributed by atoms with van der Waals surface area (Å²) in [6.45, 7) is 2.01. The summed E-state index contributed by atoms with van der Waals surface area (Å²) in [6, 6.07) is 19.7. The maximum Gasteiger partial charge on any atom is 0.255 e. The predicted molar refractivity (Wildman–Crippen MR) is 134 cm³/mol. The van der Waals surface area contributed by atoms with Crippen LogP contribution in [-0.2, 0) is 6.42 Å². The van der Waals surface area contributed by atoms with Crippen LogP contribution in [0.2, 0.25) is 0 Å². The molecule has 176 valence electrons. The van der Waals surface area contributed by atoms with Gasteiger partial charge < -0.3 is 16.0 Å². The van der Waals surface area contributed by atoms with E-state index in [-0.39, 0.29) is 30.2 Å². The summed E-state index contributed by atoms with van der Waals surface area (Å²) in [5.41, 5.74) is 3.11. The molecule has 0 aliphatic carbocycles. The number of nitrogens with one attached hydrogen (secondary N) is 3. The summed E-state index contributed by atoms with van der Waals surface area (Å²) in [6.07, 6.45) is 2.73. The Balaban J connectivity index is 0.00000324. The average molecular weight is 480 g/mol. The van der Waals surface area contributed by atoms with Crippen LogP contribution in [0.4, 0.5) is 10.2 Å². The lowest BCUT2D eigenvalue weighted by Crippen LogP contribution is -2.37. The van der Waals surface area contributed by atoms with E-state index in [1.54, 1.807) is 30.3 Å². The zero-order valence-electron chi connectivity index (χ0n) is 18.7. The summed E-state index contributed by atoms with van der Waals surface area (Å²) in [5, 5.41) is 19.1. The maximum absolute atomic E-state index is 13.5. The van der Waals surface area contributed by atoms with Gasteiger partial charge in [0.2, 0.25) is 0 Å². The number of carbonyl (C=O) groups is 1. The fourth-order valence-electron chi connectivity index (χ4n) is 3.99. The molecule has 1 amide bonds. The molecule has 1 aliphatic rings. The number of amides is 1. The van der Waals surface area contributed by atoms with E-state index >= 15 is 0 Å². The minimum Gasteiger partial charge on any atom is -0.369 e. The molecule has 3 aromatic rings. The first-order chi connectivity index (χ1) is 16.1. The summed E-state index contributed by atoms with van der Waals surface area (Å²) >= 11 is 0. The van der Waals surface area contributed by atoms with Gasteiger partial charge in [-0.3, -0.25) is 4.79 Å². The highest BCUT2D eigenvalue weighted by Gasteiger charge is 2.19. The van der Waals surface area contributed by atoms with Gasteiger partial charge in [0.05, 0.1) is 22.9 Å². The second-order valence-corrected chi connectivity index (χ2v) is 8.06. The molecule has 6 nitrogen and oxygen atoms in total. The Kier molecular flexibility index (Phi) is 8.97. The van der Waals surface area contributed by atoms with Crippen molar-refractivity contribution >= 4 is 24.1 Å². The van der Waals surface area contributed by atoms with Crippen LogP contribution >= 0.6 is 12.4 Å². The van der Waals surface area contributed by atoms with Crippen molar-refractivity contribution in [3.63, 3.8) is 0 Å². The molecule has 8 heteroatoms. The molecule has 0 saturated carbocycles. The minimum atomic E-state index is -0.277. The van der Waals surface area contributed by atoms with Crippen molar-refractivity contribution in [1.82, 2.24) is 15.6 Å². The number of aromatic nitrogens is 1. The number of nitrogens with zero attached hydrogens (tertiary/aromatic N) is 2. The molecule has 1 unspecified atom stereocenters. The number of rotatable bonds is 8. The van der Waals surface area contributed by atoms with Gasteiger partial charge in [0, 0.05) is 24.7 Å². The third-order valence-electron chi connectivity index (χ3n) is 5.73. The van der Waals surface area contributed by atoms with Crippen molar-refractivity contribution < 1.29 is 9.18 Å². The van der Waals surface area contributed by atoms with Crippen molar-refractivity contribution in [1.29, 1.82) is 5.26 Å². The molecule has 1 fully saturated rings. The summed E-state index contributed by atoms with van der Waals surface area (Å²) in [5.74, 6) is -0.0422. The number of hydrogen-bond acceptors (Lipinski definition) is 5. The maximum atomic E-state index is 13.5. The monoisotopic (exact) mass is 479 g/mol. The van der Waals surface area contributed by atoms with E-state index in [4.69, 9.17) is 0 Å². The summed E-state index contributed by atoms with van der Waals surface area (Å²) in [4.78, 5) is 17.6. The fraction of sp³-hybridized carbons (Fsp3) is 0.269. The van der Waals surface area contributed by atoms with Gasteiger partial charge >= 0.3 is 0 Å². The highest BCUT2D eigenvalue weighted by molar-refractivity contribution is 5.99. The van der Waals surface area contributed by atoms with Crippen LogP contribution in [0.15, 0.2) is 60.7 Å². The number of pyridine rings is 1. The number of anilines is 1. The van der Waals surface area contributed by atoms with E-state index in [0.29, 0.717) is 47.7 Å². The number of halogens is 2. The standard InChI is InChI=1S/C26H26FN5O.ClH/c27-20-7-3-5-18(15-20)12-14-30-25-23(26(33)31-17-21-8-4-13-29-21)10-11-24(32-25)22-9-2-1-6-19(22)16-28;/h1-3,5-7,9-11,15,21,29H,4,8,12-14,17H2,(H,30,32)(H,31,33);1H. The van der Waals surface area contributed by atoms with E-state index in [2.05, 4.69) is 27.0 Å². The van der Waals surface area contributed by atoms with Gasteiger partial charge in [0.15, 0.2) is 0 Å². The third-order valence-corrected chi connectivity index (χ3v) is 5.73. The van der Waals surface area contributed by atoms with Gasteiger partial charge in [-0.1, -0.05) is 30.3 Å². The van der Waals surface area contributed by atoms with Crippen molar-refractivity contribution in [3.05, 3.63) is 83.2 Å². The Morgan fingerprint density at radius 1 is 1.18 bits per heavy atom. The molecule has 0 spiro atoms. The molecule has 0 radical (unpaired) electrons. The van der Waals surface area contributed by atoms with E-state index in [1.807, 2.05) is 18.2 Å². The minimum absolute atomic E-state index is 0. The van der Waals surface area contributed by atoms with E-state index < -0.39 is 0 Å². The van der Waals surface area contributed by atoms with E-state index in [1.165, 1.54) is 12.1 Å². The molecular weight excluding hydrogens is 453 g/mol. The van der Waals surface area contributed by atoms with Gasteiger partial charge in [0.25, 0.3) is 5.91 Å². The second kappa shape index (κ2) is 12.1. The summed E-state index contributed by atoms with van der Waals surface area (Å²) < 4.78 is 13.5. The molecule has 4 rings (SSSR count). The fourth-order valence-corrected chi connectivity index (χ4v) is 3.99. The van der Waals surface area contributed by atoms with Gasteiger partial charge in [-0.05, 0) is 61.7 Å². The topological polar surface area (TPSA) is 89.8 Å². The van der Waals surface area contributed by atoms with Crippen molar-refractivity contribution in [2.45, 2.75) is 25.3 Å². The molecule has 1 aromatic heterocycles. The average Bonchev–Trinajstić information content (AvgIpc) is 3.36. The third kappa shape index (κ3) is 6.31. The Bertz CT molecular complexity index is 1170. The zero-order chi connectivity index (χ0) is 23.0. The van der Waals surface area contributed by atoms with Gasteiger partial charge in [0.1, 0.15) is 11.6 Å². The second-order valence-electron chi connectivity index (χ2n) is 8.06. The van der Waals surface area contributed by atoms with Crippen LogP contribution in [0.25, 0.3) is 11.3 Å². The molecule has 2 aromatic carbocycles. The van der Waals surface area contributed by atoms with Crippen LogP contribution in [0.5, 0.6) is 0 Å². The SMILES string of the molecule is Cl.N#Cc1ccccc1-c1ccc(C(=O)NCC2CCCN2)c(NCCc2cccc(F)c2)n1. The molecule has 0 bridgehead atoms. The van der Waals surface area contributed by atoms with Crippen molar-refractivity contribution in [2.75, 3.05) is 25.0 Å². The predicted octanol–water partition coefficient (Wildman–Crippen LogP) is 4.32. The van der Waals surface area contributed by atoms with Crippen LogP contribution in [0.1, 0.15) is 34.3 Å². The lowest BCUT2D eigenvalue weighted by atomic mass is 10.0. The highest BCUT2D eigenvalue weighted by atomic mass is 35.5. The molecule has 1 saturated heterocycles. The Hall–Kier alpha value is -3.47. The Labute approximate surface area is 205 Å². The first kappa shape index (κ1) is 25.2. The highest BCUT2D eigenvalue weighted by Crippen LogP contribution is 2.25. The lowest BCUT2D eigenvalue weighted by molar-refractivity contribution is 0.0951. The molecule has 34 heavy (non-hydrogen) atoms. The van der Waals surface area contributed by atoms with Gasteiger partial charge in [-0.15, -0.1) is 12.4 Å². The molecular formula is C26H27ClFN5O.